The van der Waals surface area contributed by atoms with Crippen LogP contribution in [0, 0.1) is 6.92 Å². The lowest BCUT2D eigenvalue weighted by molar-refractivity contribution is -0.126. The molecule has 0 spiro atoms. The lowest BCUT2D eigenvalue weighted by Crippen LogP contribution is -2.29. The number of rotatable bonds is 3. The summed E-state index contributed by atoms with van der Waals surface area (Å²) >= 11 is 0. The fraction of sp³-hybridized carbons (Fsp3) is 0.278. The molecule has 1 saturated heterocycles. The van der Waals surface area contributed by atoms with Gasteiger partial charge in [0.25, 0.3) is 0 Å². The standard InChI is InChI=1S/C18H19N3O/c1-14-12-19-13-16(20-14)17-8-5-11-21(17)18(22)10-9-15-6-3-2-4-7-15/h2-4,6-7,9-10,12-13,17H,5,8,11H2,1H3/b10-9+. The molecular formula is C18H19N3O. The van der Waals surface area contributed by atoms with Crippen molar-refractivity contribution in [1.82, 2.24) is 14.9 Å². The van der Waals surface area contributed by atoms with E-state index < -0.39 is 0 Å². The van der Waals surface area contributed by atoms with Crippen molar-refractivity contribution in [3.05, 3.63) is 65.8 Å². The zero-order valence-electron chi connectivity index (χ0n) is 12.6. The van der Waals surface area contributed by atoms with Crippen LogP contribution in [0.1, 0.15) is 35.8 Å². The maximum atomic E-state index is 12.5. The van der Waals surface area contributed by atoms with Gasteiger partial charge >= 0.3 is 0 Å². The Morgan fingerprint density at radius 3 is 2.86 bits per heavy atom. The molecule has 4 heteroatoms. The molecule has 1 unspecified atom stereocenters. The quantitative estimate of drug-likeness (QED) is 0.817. The molecule has 1 atom stereocenters. The average molecular weight is 293 g/mol. The van der Waals surface area contributed by atoms with Gasteiger partial charge in [-0.15, -0.1) is 0 Å². The highest BCUT2D eigenvalue weighted by atomic mass is 16.2. The smallest absolute Gasteiger partial charge is 0.247 e. The van der Waals surface area contributed by atoms with E-state index in [0.717, 1.165) is 36.3 Å². The molecule has 112 valence electrons. The molecule has 2 heterocycles. The Bertz CT molecular complexity index is 682. The number of carbonyl (C=O) groups excluding carboxylic acids is 1. The van der Waals surface area contributed by atoms with Crippen LogP contribution in [-0.4, -0.2) is 27.3 Å². The van der Waals surface area contributed by atoms with Gasteiger partial charge in [0.1, 0.15) is 0 Å². The van der Waals surface area contributed by atoms with Gasteiger partial charge in [-0.05, 0) is 31.4 Å². The predicted octanol–water partition coefficient (Wildman–Crippen LogP) is 3.16. The minimum Gasteiger partial charge on any atom is -0.330 e. The van der Waals surface area contributed by atoms with E-state index in [9.17, 15) is 4.79 Å². The van der Waals surface area contributed by atoms with Crippen LogP contribution in [0.15, 0.2) is 48.8 Å². The predicted molar refractivity (Wildman–Crippen MR) is 85.9 cm³/mol. The van der Waals surface area contributed by atoms with Gasteiger partial charge in [-0.2, -0.15) is 0 Å². The third-order valence-corrected chi connectivity index (χ3v) is 3.87. The topological polar surface area (TPSA) is 46.1 Å². The van der Waals surface area contributed by atoms with Crippen LogP contribution in [0.25, 0.3) is 6.08 Å². The molecule has 0 aliphatic carbocycles. The minimum atomic E-state index is 0.0367. The number of benzene rings is 1. The van der Waals surface area contributed by atoms with Crippen LogP contribution in [0.5, 0.6) is 0 Å². The third kappa shape index (κ3) is 3.22. The van der Waals surface area contributed by atoms with Crippen molar-refractivity contribution in [2.45, 2.75) is 25.8 Å². The highest BCUT2D eigenvalue weighted by molar-refractivity contribution is 5.92. The first kappa shape index (κ1) is 14.4. The lowest BCUT2D eigenvalue weighted by Gasteiger charge is -2.22. The Kier molecular flexibility index (Phi) is 4.28. The second kappa shape index (κ2) is 6.52. The van der Waals surface area contributed by atoms with E-state index >= 15 is 0 Å². The molecule has 1 aliphatic heterocycles. The minimum absolute atomic E-state index is 0.0367. The Hall–Kier alpha value is -2.49. The van der Waals surface area contributed by atoms with Crippen LogP contribution < -0.4 is 0 Å². The summed E-state index contributed by atoms with van der Waals surface area (Å²) in [5.74, 6) is 0.0367. The molecule has 0 N–H and O–H groups in total. The summed E-state index contributed by atoms with van der Waals surface area (Å²) in [7, 11) is 0. The van der Waals surface area contributed by atoms with Crippen LogP contribution in [-0.2, 0) is 4.79 Å². The summed E-state index contributed by atoms with van der Waals surface area (Å²) in [5, 5.41) is 0. The van der Waals surface area contributed by atoms with Crippen molar-refractivity contribution in [1.29, 1.82) is 0 Å². The van der Waals surface area contributed by atoms with Crippen LogP contribution in [0.2, 0.25) is 0 Å². The molecule has 0 saturated carbocycles. The van der Waals surface area contributed by atoms with E-state index in [1.54, 1.807) is 18.5 Å². The normalized spacial score (nSPS) is 18.0. The maximum Gasteiger partial charge on any atom is 0.247 e. The molecule has 0 radical (unpaired) electrons. The van der Waals surface area contributed by atoms with E-state index in [0.29, 0.717) is 0 Å². The maximum absolute atomic E-state index is 12.5. The Morgan fingerprint density at radius 2 is 2.09 bits per heavy atom. The van der Waals surface area contributed by atoms with Crippen molar-refractivity contribution >= 4 is 12.0 Å². The van der Waals surface area contributed by atoms with E-state index in [1.807, 2.05) is 48.2 Å². The molecule has 1 amide bonds. The summed E-state index contributed by atoms with van der Waals surface area (Å²) in [5.41, 5.74) is 2.80. The van der Waals surface area contributed by atoms with E-state index in [-0.39, 0.29) is 11.9 Å². The first-order valence-corrected chi connectivity index (χ1v) is 7.56. The van der Waals surface area contributed by atoms with E-state index in [2.05, 4.69) is 9.97 Å². The fourth-order valence-corrected chi connectivity index (χ4v) is 2.81. The molecule has 1 aromatic heterocycles. The number of aromatic nitrogens is 2. The van der Waals surface area contributed by atoms with E-state index in [1.165, 1.54) is 0 Å². The number of nitrogens with zero attached hydrogens (tertiary/aromatic N) is 3. The number of likely N-dealkylation sites (tertiary alicyclic amines) is 1. The number of aryl methyl sites for hydroxylation is 1. The van der Waals surface area contributed by atoms with Gasteiger partial charge in [-0.25, -0.2) is 0 Å². The van der Waals surface area contributed by atoms with Gasteiger partial charge in [0.15, 0.2) is 0 Å². The molecule has 22 heavy (non-hydrogen) atoms. The Morgan fingerprint density at radius 1 is 1.27 bits per heavy atom. The Labute approximate surface area is 130 Å². The first-order valence-electron chi connectivity index (χ1n) is 7.56. The Balaban J connectivity index is 1.75. The van der Waals surface area contributed by atoms with Crippen LogP contribution in [0.4, 0.5) is 0 Å². The molecular weight excluding hydrogens is 274 g/mol. The fourth-order valence-electron chi connectivity index (χ4n) is 2.81. The van der Waals surface area contributed by atoms with E-state index in [4.69, 9.17) is 0 Å². The average Bonchev–Trinajstić information content (AvgIpc) is 3.03. The molecule has 3 rings (SSSR count). The van der Waals surface area contributed by atoms with Crippen molar-refractivity contribution in [2.24, 2.45) is 0 Å². The molecule has 2 aromatic rings. The number of amides is 1. The zero-order chi connectivity index (χ0) is 15.4. The second-order valence-electron chi connectivity index (χ2n) is 5.52. The number of carbonyl (C=O) groups is 1. The monoisotopic (exact) mass is 293 g/mol. The molecule has 4 nitrogen and oxygen atoms in total. The van der Waals surface area contributed by atoms with Crippen molar-refractivity contribution in [2.75, 3.05) is 6.54 Å². The van der Waals surface area contributed by atoms with Crippen molar-refractivity contribution in [3.63, 3.8) is 0 Å². The highest BCUT2D eigenvalue weighted by Gasteiger charge is 2.29. The summed E-state index contributed by atoms with van der Waals surface area (Å²) in [6.07, 6.45) is 8.97. The molecule has 1 aliphatic rings. The van der Waals surface area contributed by atoms with Gasteiger partial charge in [0.05, 0.1) is 23.6 Å². The highest BCUT2D eigenvalue weighted by Crippen LogP contribution is 2.30. The van der Waals surface area contributed by atoms with Crippen LogP contribution in [0.3, 0.4) is 0 Å². The SMILES string of the molecule is Cc1cncc(C2CCCN2C(=O)/C=C/c2ccccc2)n1. The number of hydrogen-bond acceptors (Lipinski definition) is 3. The summed E-state index contributed by atoms with van der Waals surface area (Å²) in [4.78, 5) is 23.1. The first-order chi connectivity index (χ1) is 10.7. The summed E-state index contributed by atoms with van der Waals surface area (Å²) in [6, 6.07) is 9.90. The third-order valence-electron chi connectivity index (χ3n) is 3.87. The summed E-state index contributed by atoms with van der Waals surface area (Å²) in [6.45, 7) is 2.70. The second-order valence-corrected chi connectivity index (χ2v) is 5.52. The summed E-state index contributed by atoms with van der Waals surface area (Å²) < 4.78 is 0. The lowest BCUT2D eigenvalue weighted by atomic mass is 10.1. The van der Waals surface area contributed by atoms with Gasteiger partial charge in [0.2, 0.25) is 5.91 Å². The van der Waals surface area contributed by atoms with Crippen molar-refractivity contribution in [3.8, 4) is 0 Å². The molecule has 0 bridgehead atoms. The van der Waals surface area contributed by atoms with Crippen molar-refractivity contribution < 1.29 is 4.79 Å². The molecule has 1 fully saturated rings. The van der Waals surface area contributed by atoms with Gasteiger partial charge in [-0.1, -0.05) is 30.3 Å². The largest absolute Gasteiger partial charge is 0.330 e. The number of hydrogen-bond donors (Lipinski definition) is 0. The van der Waals surface area contributed by atoms with Gasteiger partial charge in [0, 0.05) is 18.8 Å². The van der Waals surface area contributed by atoms with Gasteiger partial charge in [-0.3, -0.25) is 14.8 Å². The van der Waals surface area contributed by atoms with Crippen LogP contribution >= 0.6 is 0 Å². The molecule has 1 aromatic carbocycles. The zero-order valence-corrected chi connectivity index (χ0v) is 12.6. The van der Waals surface area contributed by atoms with Gasteiger partial charge < -0.3 is 4.90 Å².